The van der Waals surface area contributed by atoms with Crippen LogP contribution in [-0.4, -0.2) is 28.3 Å². The zero-order valence-corrected chi connectivity index (χ0v) is 20.3. The van der Waals surface area contributed by atoms with E-state index >= 15 is 0 Å². The first-order chi connectivity index (χ1) is 16.5. The Bertz CT molecular complexity index is 1170. The van der Waals surface area contributed by atoms with Gasteiger partial charge in [0.1, 0.15) is 5.84 Å². The fourth-order valence-corrected chi connectivity index (χ4v) is 4.55. The molecule has 0 saturated heterocycles. The summed E-state index contributed by atoms with van der Waals surface area (Å²) in [6.07, 6.45) is 26.1. The molecule has 0 saturated carbocycles. The van der Waals surface area contributed by atoms with Crippen LogP contribution in [-0.2, 0) is 0 Å². The Morgan fingerprint density at radius 1 is 1.35 bits per heavy atom. The number of aliphatic imine (C=N–C) groups is 1. The minimum Gasteiger partial charge on any atom is -0.384 e. The molecule has 2 aliphatic heterocycles. The zero-order valence-electron chi connectivity index (χ0n) is 20.3. The molecule has 0 aromatic carbocycles. The smallest absolute Gasteiger partial charge is 0.149 e. The lowest BCUT2D eigenvalue weighted by Crippen LogP contribution is -2.38. The number of hydrogen-bond acceptors (Lipinski definition) is 4. The lowest BCUT2D eigenvalue weighted by molar-refractivity contribution is 0.474. The minimum absolute atomic E-state index is 0.365. The molecular formula is C29H33N5. The van der Waals surface area contributed by atoms with Crippen LogP contribution in [0.2, 0.25) is 0 Å². The standard InChI is InChI=1S/C29H33N5/c1-6-20(4)28(8-3)34-19-27(24-15-22(7-2)16-30-17-24)33-29(21(34)5)31-14-13-23-18-32-26-12-10-9-11-25(23)26/h2,8-12,15-20,25-26,32H,5-6,13-14H2,1,3-4H3,(H,31,33)/b28-8-. The summed E-state index contributed by atoms with van der Waals surface area (Å²) >= 11 is 0. The van der Waals surface area contributed by atoms with Crippen molar-refractivity contribution >= 4 is 11.5 Å². The highest BCUT2D eigenvalue weighted by molar-refractivity contribution is 6.04. The van der Waals surface area contributed by atoms with Gasteiger partial charge in [-0.3, -0.25) is 9.98 Å². The van der Waals surface area contributed by atoms with Crippen LogP contribution in [0.3, 0.4) is 0 Å². The molecule has 2 N–H and O–H groups in total. The Hall–Kier alpha value is -3.78. The van der Waals surface area contributed by atoms with Gasteiger partial charge in [-0.25, -0.2) is 0 Å². The fourth-order valence-electron chi connectivity index (χ4n) is 4.55. The molecule has 1 aromatic rings. The molecule has 1 aliphatic carbocycles. The van der Waals surface area contributed by atoms with Crippen molar-refractivity contribution in [2.75, 3.05) is 6.54 Å². The summed E-state index contributed by atoms with van der Waals surface area (Å²) in [6.45, 7) is 11.6. The number of aromatic nitrogens is 1. The molecule has 4 rings (SSSR count). The summed E-state index contributed by atoms with van der Waals surface area (Å²) < 4.78 is 0. The van der Waals surface area contributed by atoms with E-state index in [9.17, 15) is 0 Å². The number of amidine groups is 1. The van der Waals surface area contributed by atoms with E-state index in [1.54, 1.807) is 6.20 Å². The Balaban J connectivity index is 1.60. The molecular weight excluding hydrogens is 418 g/mol. The van der Waals surface area contributed by atoms with Gasteiger partial charge < -0.3 is 15.5 Å². The third-order valence-electron chi connectivity index (χ3n) is 6.68. The van der Waals surface area contributed by atoms with Gasteiger partial charge in [0.05, 0.1) is 17.4 Å². The number of nitrogens with one attached hydrogen (secondary N) is 2. The number of nitrogens with zero attached hydrogens (tertiary/aromatic N) is 3. The van der Waals surface area contributed by atoms with Crippen molar-refractivity contribution in [1.82, 2.24) is 20.5 Å². The van der Waals surface area contributed by atoms with E-state index in [1.165, 1.54) is 11.3 Å². The molecule has 0 amide bonds. The summed E-state index contributed by atoms with van der Waals surface area (Å²) in [5.74, 6) is 4.24. The first-order valence-electron chi connectivity index (χ1n) is 12.0. The summed E-state index contributed by atoms with van der Waals surface area (Å²) in [6, 6.07) is 2.33. The first kappa shape index (κ1) is 23.4. The Morgan fingerprint density at radius 2 is 2.18 bits per heavy atom. The van der Waals surface area contributed by atoms with Crippen LogP contribution in [0, 0.1) is 24.2 Å². The van der Waals surface area contributed by atoms with Crippen LogP contribution in [0.25, 0.3) is 5.70 Å². The molecule has 0 fully saturated rings. The van der Waals surface area contributed by atoms with Crippen molar-refractivity contribution in [2.45, 2.75) is 39.7 Å². The zero-order chi connectivity index (χ0) is 24.1. The first-order valence-corrected chi connectivity index (χ1v) is 12.0. The second-order valence-electron chi connectivity index (χ2n) is 8.80. The van der Waals surface area contributed by atoms with Crippen LogP contribution >= 0.6 is 0 Å². The van der Waals surface area contributed by atoms with Crippen LogP contribution in [0.4, 0.5) is 0 Å². The van der Waals surface area contributed by atoms with Crippen molar-refractivity contribution < 1.29 is 0 Å². The van der Waals surface area contributed by atoms with Gasteiger partial charge in [-0.15, -0.1) is 6.42 Å². The van der Waals surface area contributed by atoms with Crippen LogP contribution in [0.5, 0.6) is 0 Å². The molecule has 174 valence electrons. The Labute approximate surface area is 203 Å². The van der Waals surface area contributed by atoms with Gasteiger partial charge in [0.2, 0.25) is 0 Å². The Morgan fingerprint density at radius 3 is 2.94 bits per heavy atom. The quantitative estimate of drug-likeness (QED) is 0.565. The summed E-state index contributed by atoms with van der Waals surface area (Å²) in [5.41, 5.74) is 5.99. The van der Waals surface area contributed by atoms with Gasteiger partial charge in [-0.05, 0) is 43.5 Å². The largest absolute Gasteiger partial charge is 0.384 e. The number of rotatable bonds is 7. The molecule has 34 heavy (non-hydrogen) atoms. The number of hydrogen-bond donors (Lipinski definition) is 2. The predicted molar refractivity (Wildman–Crippen MR) is 141 cm³/mol. The van der Waals surface area contributed by atoms with Crippen molar-refractivity contribution in [3.8, 4) is 12.3 Å². The topological polar surface area (TPSA) is 52.6 Å². The van der Waals surface area contributed by atoms with E-state index in [2.05, 4.69) is 96.6 Å². The highest BCUT2D eigenvalue weighted by atomic mass is 15.2. The molecule has 5 nitrogen and oxygen atoms in total. The van der Waals surface area contributed by atoms with Crippen LogP contribution < -0.4 is 10.6 Å². The summed E-state index contributed by atoms with van der Waals surface area (Å²) in [7, 11) is 0. The Kier molecular flexibility index (Phi) is 7.18. The fraction of sp³-hybridized carbons (Fsp3) is 0.310. The van der Waals surface area contributed by atoms with Gasteiger partial charge in [-0.1, -0.05) is 56.7 Å². The molecule has 0 radical (unpaired) electrons. The monoisotopic (exact) mass is 451 g/mol. The normalized spacial score (nSPS) is 23.6. The second kappa shape index (κ2) is 10.4. The lowest BCUT2D eigenvalue weighted by Gasteiger charge is -2.35. The van der Waals surface area contributed by atoms with E-state index in [0.29, 0.717) is 24.4 Å². The van der Waals surface area contributed by atoms with Crippen LogP contribution in [0.15, 0.2) is 89.8 Å². The molecule has 0 bridgehead atoms. The van der Waals surface area contributed by atoms with Crippen LogP contribution in [0.1, 0.15) is 44.7 Å². The van der Waals surface area contributed by atoms with Crippen molar-refractivity contribution in [3.05, 3.63) is 95.9 Å². The molecule has 3 aliphatic rings. The number of pyridine rings is 1. The van der Waals surface area contributed by atoms with Gasteiger partial charge in [-0.2, -0.15) is 0 Å². The van der Waals surface area contributed by atoms with Gasteiger partial charge in [0, 0.05) is 47.9 Å². The minimum atomic E-state index is 0.365. The molecule has 0 spiro atoms. The molecule has 3 heterocycles. The van der Waals surface area contributed by atoms with Crippen molar-refractivity contribution in [2.24, 2.45) is 16.8 Å². The van der Waals surface area contributed by atoms with E-state index in [1.807, 2.05) is 12.3 Å². The van der Waals surface area contributed by atoms with E-state index < -0.39 is 0 Å². The lowest BCUT2D eigenvalue weighted by atomic mass is 9.90. The highest BCUT2D eigenvalue weighted by Crippen LogP contribution is 2.30. The molecule has 5 heteroatoms. The molecule has 1 aromatic heterocycles. The number of allylic oxidation sites excluding steroid dienone is 4. The average molecular weight is 452 g/mol. The highest BCUT2D eigenvalue weighted by Gasteiger charge is 2.27. The predicted octanol–water partition coefficient (Wildman–Crippen LogP) is 5.12. The maximum absolute atomic E-state index is 5.62. The number of terminal acetylenes is 1. The van der Waals surface area contributed by atoms with E-state index in [4.69, 9.17) is 11.4 Å². The SMILES string of the molecule is C#Cc1cncc(C2=CN(/C(=C\C)C(C)CC)C(=C)C(=NCCC3=CNC4C=CC=CC34)N2)c1. The van der Waals surface area contributed by atoms with Crippen molar-refractivity contribution in [3.63, 3.8) is 0 Å². The van der Waals surface area contributed by atoms with Crippen molar-refractivity contribution in [1.29, 1.82) is 0 Å². The summed E-state index contributed by atoms with van der Waals surface area (Å²) in [4.78, 5) is 11.4. The maximum atomic E-state index is 5.62. The average Bonchev–Trinajstić information content (AvgIpc) is 3.29. The second-order valence-corrected chi connectivity index (χ2v) is 8.80. The number of fused-ring (bicyclic) bond motifs is 1. The van der Waals surface area contributed by atoms with E-state index in [0.717, 1.165) is 41.2 Å². The van der Waals surface area contributed by atoms with Gasteiger partial charge in [0.25, 0.3) is 0 Å². The van der Waals surface area contributed by atoms with Gasteiger partial charge in [0.15, 0.2) is 0 Å². The summed E-state index contributed by atoms with van der Waals surface area (Å²) in [5, 5.41) is 6.96. The molecule has 3 atom stereocenters. The van der Waals surface area contributed by atoms with Gasteiger partial charge >= 0.3 is 0 Å². The third-order valence-corrected chi connectivity index (χ3v) is 6.68. The maximum Gasteiger partial charge on any atom is 0.149 e. The molecule has 3 unspecified atom stereocenters. The third kappa shape index (κ3) is 4.77. The van der Waals surface area contributed by atoms with E-state index in [-0.39, 0.29) is 0 Å².